The van der Waals surface area contributed by atoms with E-state index in [0.717, 1.165) is 45.2 Å². The summed E-state index contributed by atoms with van der Waals surface area (Å²) in [4.78, 5) is 26.5. The molecule has 1 saturated carbocycles. The lowest BCUT2D eigenvalue weighted by molar-refractivity contribution is -0.384. The zero-order valence-electron chi connectivity index (χ0n) is 19.7. The molecule has 0 radical (unpaired) electrons. The molecule has 2 aromatic carbocycles. The van der Waals surface area contributed by atoms with Crippen molar-refractivity contribution in [2.24, 2.45) is 17.8 Å². The number of nitrogens with one attached hydrogen (secondary N) is 1. The monoisotopic (exact) mass is 449 g/mol. The van der Waals surface area contributed by atoms with Gasteiger partial charge in [-0.3, -0.25) is 14.9 Å². The molecule has 4 rings (SSSR count). The van der Waals surface area contributed by atoms with Crippen LogP contribution < -0.4 is 10.2 Å². The third-order valence-electron chi connectivity index (χ3n) is 7.78. The minimum absolute atomic E-state index is 0.0224. The number of nitro benzene ring substituents is 1. The number of nitrogens with zero attached hydrogens (tertiary/aromatic N) is 2. The van der Waals surface area contributed by atoms with E-state index in [9.17, 15) is 14.9 Å². The van der Waals surface area contributed by atoms with Crippen LogP contribution in [-0.4, -0.2) is 30.0 Å². The average Bonchev–Trinajstić information content (AvgIpc) is 2.83. The lowest BCUT2D eigenvalue weighted by Crippen LogP contribution is -2.43. The molecule has 0 unspecified atom stereocenters. The van der Waals surface area contributed by atoms with Gasteiger partial charge >= 0.3 is 0 Å². The fraction of sp³-hybridized carbons (Fsp3) is 0.519. The Hall–Kier alpha value is -2.89. The van der Waals surface area contributed by atoms with E-state index < -0.39 is 0 Å². The Morgan fingerprint density at radius 2 is 1.79 bits per heavy atom. The summed E-state index contributed by atoms with van der Waals surface area (Å²) in [6, 6.07) is 15.6. The number of benzene rings is 2. The SMILES string of the molecule is C[C@@H]1[C@H](C)CCC[C@H]1NC(=O)c1ccc(N2CCC(Cc3ccccc3)CC2)c([N+](=O)[O-])c1. The summed E-state index contributed by atoms with van der Waals surface area (Å²) in [5.41, 5.74) is 2.36. The van der Waals surface area contributed by atoms with E-state index in [-0.39, 0.29) is 22.6 Å². The quantitative estimate of drug-likeness (QED) is 0.459. The largest absolute Gasteiger partial charge is 0.366 e. The molecule has 1 saturated heterocycles. The second kappa shape index (κ2) is 10.4. The van der Waals surface area contributed by atoms with E-state index in [1.807, 2.05) is 6.07 Å². The van der Waals surface area contributed by atoms with Gasteiger partial charge in [0.25, 0.3) is 11.6 Å². The third-order valence-corrected chi connectivity index (χ3v) is 7.78. The summed E-state index contributed by atoms with van der Waals surface area (Å²) in [7, 11) is 0. The Balaban J connectivity index is 1.42. The lowest BCUT2D eigenvalue weighted by atomic mass is 9.78. The summed E-state index contributed by atoms with van der Waals surface area (Å²) >= 11 is 0. The Kier molecular flexibility index (Phi) is 7.31. The molecule has 2 fully saturated rings. The zero-order valence-corrected chi connectivity index (χ0v) is 19.7. The highest BCUT2D eigenvalue weighted by atomic mass is 16.6. The van der Waals surface area contributed by atoms with Gasteiger partial charge in [-0.2, -0.15) is 0 Å². The van der Waals surface area contributed by atoms with Crippen LogP contribution in [0.15, 0.2) is 48.5 Å². The van der Waals surface area contributed by atoms with Crippen molar-refractivity contribution in [1.82, 2.24) is 5.32 Å². The van der Waals surface area contributed by atoms with Gasteiger partial charge in [-0.05, 0) is 61.1 Å². The summed E-state index contributed by atoms with van der Waals surface area (Å²) in [6.07, 6.45) is 6.33. The van der Waals surface area contributed by atoms with E-state index >= 15 is 0 Å². The zero-order chi connectivity index (χ0) is 23.4. The number of amides is 1. The Labute approximate surface area is 196 Å². The van der Waals surface area contributed by atoms with E-state index in [1.54, 1.807) is 12.1 Å². The number of carbonyl (C=O) groups is 1. The average molecular weight is 450 g/mol. The highest BCUT2D eigenvalue weighted by Gasteiger charge is 2.30. The molecule has 1 aliphatic carbocycles. The normalized spacial score (nSPS) is 23.8. The molecule has 2 aliphatic rings. The van der Waals surface area contributed by atoms with Crippen molar-refractivity contribution in [3.8, 4) is 0 Å². The van der Waals surface area contributed by atoms with Gasteiger partial charge in [0.05, 0.1) is 4.92 Å². The van der Waals surface area contributed by atoms with Crippen LogP contribution >= 0.6 is 0 Å². The van der Waals surface area contributed by atoms with Crippen LogP contribution in [-0.2, 0) is 6.42 Å². The van der Waals surface area contributed by atoms with Gasteiger partial charge < -0.3 is 10.2 Å². The summed E-state index contributed by atoms with van der Waals surface area (Å²) in [5, 5.41) is 15.0. The van der Waals surface area contributed by atoms with Gasteiger partial charge in [-0.15, -0.1) is 0 Å². The Morgan fingerprint density at radius 3 is 2.48 bits per heavy atom. The molecule has 6 nitrogen and oxygen atoms in total. The first-order valence-corrected chi connectivity index (χ1v) is 12.3. The standard InChI is InChI=1S/C27H35N3O3/c1-19-7-6-10-24(20(19)2)28-27(31)23-11-12-25(26(18-23)30(32)33)29-15-13-22(14-16-29)17-21-8-4-3-5-9-21/h3-5,8-9,11-12,18-20,22,24H,6-7,10,13-17H2,1-2H3,(H,28,31)/t19-,20-,24-/m1/s1. The van der Waals surface area contributed by atoms with Crippen molar-refractivity contribution in [1.29, 1.82) is 0 Å². The van der Waals surface area contributed by atoms with E-state index in [1.165, 1.54) is 18.1 Å². The molecule has 2 aromatic rings. The van der Waals surface area contributed by atoms with Gasteiger partial charge in [0.1, 0.15) is 5.69 Å². The van der Waals surface area contributed by atoms with Crippen molar-refractivity contribution in [3.63, 3.8) is 0 Å². The maximum atomic E-state index is 12.9. The van der Waals surface area contributed by atoms with Crippen molar-refractivity contribution in [2.45, 2.75) is 58.4 Å². The fourth-order valence-electron chi connectivity index (χ4n) is 5.44. The second-order valence-corrected chi connectivity index (χ2v) is 9.93. The van der Waals surface area contributed by atoms with Crippen LogP contribution in [0.25, 0.3) is 0 Å². The fourth-order valence-corrected chi connectivity index (χ4v) is 5.44. The molecule has 1 aliphatic heterocycles. The molecule has 6 heteroatoms. The van der Waals surface area contributed by atoms with Crippen LogP contribution in [0.4, 0.5) is 11.4 Å². The molecule has 176 valence electrons. The van der Waals surface area contributed by atoms with Gasteiger partial charge in [0.15, 0.2) is 0 Å². The highest BCUT2D eigenvalue weighted by Crippen LogP contribution is 2.34. The van der Waals surface area contributed by atoms with Gasteiger partial charge in [-0.1, -0.05) is 57.0 Å². The first-order chi connectivity index (χ1) is 15.9. The number of anilines is 1. The highest BCUT2D eigenvalue weighted by molar-refractivity contribution is 5.96. The topological polar surface area (TPSA) is 75.5 Å². The van der Waals surface area contributed by atoms with E-state index in [4.69, 9.17) is 0 Å². The molecule has 1 N–H and O–H groups in total. The summed E-state index contributed by atoms with van der Waals surface area (Å²) in [5.74, 6) is 1.37. The van der Waals surface area contributed by atoms with Crippen LogP contribution in [0.2, 0.25) is 0 Å². The number of carbonyl (C=O) groups excluding carboxylic acids is 1. The Bertz CT molecular complexity index is 970. The molecule has 0 bridgehead atoms. The van der Waals surface area contributed by atoms with E-state index in [0.29, 0.717) is 29.0 Å². The number of rotatable bonds is 6. The second-order valence-electron chi connectivity index (χ2n) is 9.93. The molecule has 1 heterocycles. The molecule has 33 heavy (non-hydrogen) atoms. The summed E-state index contributed by atoms with van der Waals surface area (Å²) < 4.78 is 0. The van der Waals surface area contributed by atoms with Crippen molar-refractivity contribution >= 4 is 17.3 Å². The summed E-state index contributed by atoms with van der Waals surface area (Å²) in [6.45, 7) is 6.00. The van der Waals surface area contributed by atoms with E-state index in [2.05, 4.69) is 48.3 Å². The van der Waals surface area contributed by atoms with Crippen molar-refractivity contribution < 1.29 is 9.72 Å². The van der Waals surface area contributed by atoms with Crippen LogP contribution in [0.3, 0.4) is 0 Å². The number of piperidine rings is 1. The lowest BCUT2D eigenvalue weighted by Gasteiger charge is -2.34. The number of hydrogen-bond donors (Lipinski definition) is 1. The molecular formula is C27H35N3O3. The van der Waals surface area contributed by atoms with Crippen LogP contribution in [0.5, 0.6) is 0 Å². The minimum atomic E-state index is -0.354. The smallest absolute Gasteiger partial charge is 0.293 e. The number of hydrogen-bond acceptors (Lipinski definition) is 4. The Morgan fingerprint density at radius 1 is 1.06 bits per heavy atom. The number of nitro groups is 1. The molecule has 1 amide bonds. The van der Waals surface area contributed by atoms with Crippen LogP contribution in [0.1, 0.15) is 61.9 Å². The van der Waals surface area contributed by atoms with Gasteiger partial charge in [-0.25, -0.2) is 0 Å². The predicted molar refractivity (Wildman–Crippen MR) is 132 cm³/mol. The predicted octanol–water partition coefficient (Wildman–Crippen LogP) is 5.61. The van der Waals surface area contributed by atoms with Gasteiger partial charge in [0.2, 0.25) is 0 Å². The minimum Gasteiger partial charge on any atom is -0.366 e. The maximum Gasteiger partial charge on any atom is 0.293 e. The molecule has 0 aromatic heterocycles. The molecule has 3 atom stereocenters. The van der Waals surface area contributed by atoms with Crippen molar-refractivity contribution in [3.05, 3.63) is 69.8 Å². The van der Waals surface area contributed by atoms with Gasteiger partial charge in [0, 0.05) is 30.8 Å². The maximum absolute atomic E-state index is 12.9. The van der Waals surface area contributed by atoms with Crippen LogP contribution in [0, 0.1) is 27.9 Å². The third kappa shape index (κ3) is 5.55. The first kappa shape index (κ1) is 23.3. The van der Waals surface area contributed by atoms with Crippen molar-refractivity contribution in [2.75, 3.05) is 18.0 Å². The molecule has 0 spiro atoms. The first-order valence-electron chi connectivity index (χ1n) is 12.3. The molecular weight excluding hydrogens is 414 g/mol.